The van der Waals surface area contributed by atoms with Crippen LogP contribution in [-0.4, -0.2) is 69.4 Å². The summed E-state index contributed by atoms with van der Waals surface area (Å²) in [6, 6.07) is 8.48. The summed E-state index contributed by atoms with van der Waals surface area (Å²) < 4.78 is 33.1. The summed E-state index contributed by atoms with van der Waals surface area (Å²) in [6.45, 7) is 1.55. The van der Waals surface area contributed by atoms with Crippen molar-refractivity contribution in [3.8, 4) is 5.75 Å². The third kappa shape index (κ3) is 3.22. The number of ether oxygens (including phenoxy) is 1. The Morgan fingerprint density at radius 2 is 2.04 bits per heavy atom. The van der Waals surface area contributed by atoms with E-state index in [0.717, 1.165) is 5.69 Å². The van der Waals surface area contributed by atoms with Crippen LogP contribution in [0.15, 0.2) is 46.0 Å². The highest BCUT2D eigenvalue weighted by Crippen LogP contribution is 2.36. The fourth-order valence-electron chi connectivity index (χ4n) is 3.98. The van der Waals surface area contributed by atoms with E-state index in [-0.39, 0.29) is 22.9 Å². The average Bonchev–Trinajstić information content (AvgIpc) is 3.36. The molecule has 7 nitrogen and oxygen atoms in total. The van der Waals surface area contributed by atoms with E-state index in [4.69, 9.17) is 4.74 Å². The van der Waals surface area contributed by atoms with Crippen LogP contribution < -0.4 is 9.64 Å². The molecule has 0 bridgehead atoms. The van der Waals surface area contributed by atoms with Gasteiger partial charge in [0.2, 0.25) is 15.9 Å². The number of anilines is 1. The van der Waals surface area contributed by atoms with E-state index in [2.05, 4.69) is 0 Å². The molecule has 0 saturated carbocycles. The summed E-state index contributed by atoms with van der Waals surface area (Å²) in [5, 5.41) is 3.90. The van der Waals surface area contributed by atoms with E-state index in [1.54, 1.807) is 40.5 Å². The topological polar surface area (TPSA) is 70.2 Å². The average molecular weight is 422 g/mol. The molecule has 2 aromatic rings. The lowest BCUT2D eigenvalue weighted by Crippen LogP contribution is -2.64. The molecule has 28 heavy (non-hydrogen) atoms. The lowest BCUT2D eigenvalue weighted by molar-refractivity contribution is -0.123. The lowest BCUT2D eigenvalue weighted by atomic mass is 9.93. The molecule has 1 spiro atoms. The number of methoxy groups -OCH3 is 1. The summed E-state index contributed by atoms with van der Waals surface area (Å²) in [5.41, 5.74) is 0.499. The molecule has 0 N–H and O–H groups in total. The maximum absolute atomic E-state index is 13.2. The molecule has 1 unspecified atom stereocenters. The number of carbonyl (C=O) groups is 1. The van der Waals surface area contributed by atoms with Gasteiger partial charge in [-0.05, 0) is 37.0 Å². The van der Waals surface area contributed by atoms with Crippen LogP contribution in [0.3, 0.4) is 0 Å². The third-order valence-corrected chi connectivity index (χ3v) is 8.24. The fourth-order valence-corrected chi connectivity index (χ4v) is 6.18. The maximum Gasteiger partial charge on any atom is 0.243 e. The zero-order valence-corrected chi connectivity index (χ0v) is 17.5. The van der Waals surface area contributed by atoms with Crippen molar-refractivity contribution in [2.24, 2.45) is 0 Å². The number of likely N-dealkylation sites (N-methyl/N-ethyl adjacent to an activating group) is 1. The van der Waals surface area contributed by atoms with Crippen molar-refractivity contribution in [2.45, 2.75) is 16.9 Å². The van der Waals surface area contributed by atoms with Gasteiger partial charge in [-0.2, -0.15) is 15.6 Å². The van der Waals surface area contributed by atoms with E-state index in [1.165, 1.54) is 11.4 Å². The molecule has 4 rings (SSSR count). The molecule has 9 heteroatoms. The SMILES string of the molecule is COc1cccc(S(=O)(=O)N2CCC3(CN(c4ccsc4)C(=O)CN3C)C2)c1. The Balaban J connectivity index is 1.60. The van der Waals surface area contributed by atoms with Crippen molar-refractivity contribution < 1.29 is 17.9 Å². The van der Waals surface area contributed by atoms with Crippen molar-refractivity contribution in [1.29, 1.82) is 0 Å². The van der Waals surface area contributed by atoms with E-state index in [1.807, 2.05) is 28.8 Å². The Morgan fingerprint density at radius 1 is 1.21 bits per heavy atom. The first-order valence-electron chi connectivity index (χ1n) is 9.04. The minimum absolute atomic E-state index is 0.0422. The molecule has 2 fully saturated rings. The van der Waals surface area contributed by atoms with Gasteiger partial charge < -0.3 is 9.64 Å². The standard InChI is InChI=1S/C19H23N3O4S2/c1-20-11-18(23)22(15-6-9-27-12-15)14-19(20)7-8-21(13-19)28(24,25)17-5-3-4-16(10-17)26-2/h3-6,9-10,12H,7-8,11,13-14H2,1-2H3. The maximum atomic E-state index is 13.2. The van der Waals surface area contributed by atoms with Crippen molar-refractivity contribution in [1.82, 2.24) is 9.21 Å². The molecule has 2 aliphatic rings. The van der Waals surface area contributed by atoms with Crippen molar-refractivity contribution in [3.63, 3.8) is 0 Å². The summed E-state index contributed by atoms with van der Waals surface area (Å²) >= 11 is 1.55. The van der Waals surface area contributed by atoms with Crippen LogP contribution in [0.5, 0.6) is 5.75 Å². The molecule has 150 valence electrons. The Bertz CT molecular complexity index is 977. The van der Waals surface area contributed by atoms with Gasteiger partial charge in [0.25, 0.3) is 0 Å². The number of amides is 1. The minimum atomic E-state index is -3.63. The van der Waals surface area contributed by atoms with Crippen LogP contribution in [-0.2, 0) is 14.8 Å². The predicted octanol–water partition coefficient (Wildman–Crippen LogP) is 1.87. The van der Waals surface area contributed by atoms with Gasteiger partial charge in [0.05, 0.1) is 29.8 Å². The number of sulfonamides is 1. The van der Waals surface area contributed by atoms with Crippen LogP contribution in [0.4, 0.5) is 5.69 Å². The highest BCUT2D eigenvalue weighted by Gasteiger charge is 2.50. The Labute approximate surface area is 169 Å². The van der Waals surface area contributed by atoms with Crippen LogP contribution in [0.25, 0.3) is 0 Å². The molecule has 2 aliphatic heterocycles. The lowest BCUT2D eigenvalue weighted by Gasteiger charge is -2.46. The quantitative estimate of drug-likeness (QED) is 0.754. The molecular weight excluding hydrogens is 398 g/mol. The van der Waals surface area contributed by atoms with Crippen LogP contribution in [0.2, 0.25) is 0 Å². The van der Waals surface area contributed by atoms with Gasteiger partial charge in [-0.1, -0.05) is 6.07 Å². The Morgan fingerprint density at radius 3 is 2.75 bits per heavy atom. The molecule has 1 atom stereocenters. The zero-order chi connectivity index (χ0) is 19.9. The zero-order valence-electron chi connectivity index (χ0n) is 15.9. The molecule has 0 radical (unpaired) electrons. The minimum Gasteiger partial charge on any atom is -0.497 e. The van der Waals surface area contributed by atoms with E-state index >= 15 is 0 Å². The van der Waals surface area contributed by atoms with E-state index in [0.29, 0.717) is 31.8 Å². The normalized spacial score (nSPS) is 24.2. The fraction of sp³-hybridized carbons (Fsp3) is 0.421. The molecule has 0 aliphatic carbocycles. The van der Waals surface area contributed by atoms with Gasteiger partial charge in [-0.3, -0.25) is 9.69 Å². The number of piperazine rings is 1. The molecule has 3 heterocycles. The molecule has 2 saturated heterocycles. The monoisotopic (exact) mass is 421 g/mol. The van der Waals surface area contributed by atoms with Crippen LogP contribution in [0, 0.1) is 0 Å². The van der Waals surface area contributed by atoms with Gasteiger partial charge in [-0.25, -0.2) is 8.42 Å². The van der Waals surface area contributed by atoms with Gasteiger partial charge in [0.15, 0.2) is 0 Å². The first kappa shape index (κ1) is 19.4. The molecular formula is C19H23N3O4S2. The second kappa shape index (κ2) is 7.14. The smallest absolute Gasteiger partial charge is 0.243 e. The van der Waals surface area contributed by atoms with Gasteiger partial charge in [0.1, 0.15) is 5.75 Å². The summed E-state index contributed by atoms with van der Waals surface area (Å²) in [6.07, 6.45) is 0.681. The van der Waals surface area contributed by atoms with Gasteiger partial charge in [-0.15, -0.1) is 0 Å². The summed E-state index contributed by atoms with van der Waals surface area (Å²) in [4.78, 5) is 16.6. The predicted molar refractivity (Wildman–Crippen MR) is 108 cm³/mol. The van der Waals surface area contributed by atoms with Crippen molar-refractivity contribution >= 4 is 33.0 Å². The number of benzene rings is 1. The second-order valence-electron chi connectivity index (χ2n) is 7.31. The van der Waals surface area contributed by atoms with Crippen molar-refractivity contribution in [3.05, 3.63) is 41.1 Å². The number of nitrogens with zero attached hydrogens (tertiary/aromatic N) is 3. The Kier molecular flexibility index (Phi) is 4.95. The Hall–Kier alpha value is -1.94. The number of hydrogen-bond donors (Lipinski definition) is 0. The van der Waals surface area contributed by atoms with Crippen LogP contribution >= 0.6 is 11.3 Å². The number of hydrogen-bond acceptors (Lipinski definition) is 6. The van der Waals surface area contributed by atoms with Crippen molar-refractivity contribution in [2.75, 3.05) is 45.2 Å². The number of rotatable bonds is 4. The van der Waals surface area contributed by atoms with Gasteiger partial charge in [0, 0.05) is 31.1 Å². The van der Waals surface area contributed by atoms with Crippen LogP contribution in [0.1, 0.15) is 6.42 Å². The highest BCUT2D eigenvalue weighted by molar-refractivity contribution is 7.89. The molecule has 1 amide bonds. The second-order valence-corrected chi connectivity index (χ2v) is 10.0. The first-order valence-corrected chi connectivity index (χ1v) is 11.4. The van der Waals surface area contributed by atoms with Gasteiger partial charge >= 0.3 is 0 Å². The molecule has 1 aromatic heterocycles. The summed E-state index contributed by atoms with van der Waals surface area (Å²) in [5.74, 6) is 0.555. The third-order valence-electron chi connectivity index (χ3n) is 5.73. The highest BCUT2D eigenvalue weighted by atomic mass is 32.2. The van der Waals surface area contributed by atoms with E-state index < -0.39 is 10.0 Å². The first-order chi connectivity index (χ1) is 13.4. The molecule has 1 aromatic carbocycles. The largest absolute Gasteiger partial charge is 0.497 e. The number of carbonyl (C=O) groups excluding carboxylic acids is 1. The van der Waals surface area contributed by atoms with E-state index in [9.17, 15) is 13.2 Å². The number of thiophene rings is 1. The summed E-state index contributed by atoms with van der Waals surface area (Å²) in [7, 11) is -0.205.